The first-order valence-corrected chi connectivity index (χ1v) is 4.53. The largest absolute Gasteiger partial charge is 0.376 e. The SMILES string of the molecule is O=CC=CN1CCSCC1. The molecule has 0 atom stereocenters. The third-order valence-corrected chi connectivity index (χ3v) is 2.36. The topological polar surface area (TPSA) is 20.3 Å². The van der Waals surface area contributed by atoms with Gasteiger partial charge in [-0.25, -0.2) is 0 Å². The van der Waals surface area contributed by atoms with Crippen molar-refractivity contribution in [2.75, 3.05) is 24.6 Å². The lowest BCUT2D eigenvalue weighted by Crippen LogP contribution is -2.27. The highest BCUT2D eigenvalue weighted by Gasteiger charge is 2.04. The minimum atomic E-state index is 0.821. The zero-order valence-electron chi connectivity index (χ0n) is 5.82. The van der Waals surface area contributed by atoms with Crippen LogP contribution in [0.2, 0.25) is 0 Å². The molecule has 0 aliphatic carbocycles. The van der Waals surface area contributed by atoms with Gasteiger partial charge in [-0.1, -0.05) is 0 Å². The summed E-state index contributed by atoms with van der Waals surface area (Å²) >= 11 is 1.97. The number of hydrogen-bond donors (Lipinski definition) is 0. The average Bonchev–Trinajstić information content (AvgIpc) is 2.03. The summed E-state index contributed by atoms with van der Waals surface area (Å²) < 4.78 is 0. The summed E-state index contributed by atoms with van der Waals surface area (Å²) in [7, 11) is 0. The Morgan fingerprint density at radius 2 is 2.00 bits per heavy atom. The minimum absolute atomic E-state index is 0.821. The van der Waals surface area contributed by atoms with Gasteiger partial charge < -0.3 is 4.90 Å². The van der Waals surface area contributed by atoms with E-state index in [4.69, 9.17) is 0 Å². The lowest BCUT2D eigenvalue weighted by Gasteiger charge is -2.23. The van der Waals surface area contributed by atoms with Gasteiger partial charge in [-0.15, -0.1) is 0 Å². The third kappa shape index (κ3) is 2.43. The first-order chi connectivity index (χ1) is 4.93. The highest BCUT2D eigenvalue weighted by atomic mass is 32.2. The number of carbonyl (C=O) groups is 1. The molecule has 1 rings (SSSR count). The highest BCUT2D eigenvalue weighted by molar-refractivity contribution is 7.99. The van der Waals surface area contributed by atoms with Gasteiger partial charge in [-0.2, -0.15) is 11.8 Å². The summed E-state index contributed by atoms with van der Waals surface area (Å²) in [6.07, 6.45) is 4.24. The molecule has 0 saturated carbocycles. The smallest absolute Gasteiger partial charge is 0.144 e. The number of rotatable bonds is 2. The predicted octanol–water partition coefficient (Wildman–Crippen LogP) is 0.748. The molecule has 1 aliphatic rings. The molecule has 0 aromatic carbocycles. The van der Waals surface area contributed by atoms with Crippen LogP contribution in [0.5, 0.6) is 0 Å². The van der Waals surface area contributed by atoms with Crippen molar-refractivity contribution in [1.82, 2.24) is 4.90 Å². The highest BCUT2D eigenvalue weighted by Crippen LogP contribution is 2.08. The van der Waals surface area contributed by atoms with Gasteiger partial charge >= 0.3 is 0 Å². The molecule has 2 nitrogen and oxygen atoms in total. The van der Waals surface area contributed by atoms with Crippen molar-refractivity contribution in [2.45, 2.75) is 0 Å². The first kappa shape index (κ1) is 7.66. The number of carbonyl (C=O) groups excluding carboxylic acids is 1. The number of nitrogens with zero attached hydrogens (tertiary/aromatic N) is 1. The van der Waals surface area contributed by atoms with E-state index in [1.54, 1.807) is 6.08 Å². The Balaban J connectivity index is 2.25. The molecule has 0 unspecified atom stereocenters. The molecule has 0 spiro atoms. The Hall–Kier alpha value is -0.440. The Labute approximate surface area is 65.3 Å². The van der Waals surface area contributed by atoms with Gasteiger partial charge in [0.1, 0.15) is 6.29 Å². The van der Waals surface area contributed by atoms with Crippen molar-refractivity contribution in [2.24, 2.45) is 0 Å². The van der Waals surface area contributed by atoms with Crippen molar-refractivity contribution >= 4 is 18.0 Å². The van der Waals surface area contributed by atoms with Crippen LogP contribution in [-0.2, 0) is 4.79 Å². The molecule has 0 aromatic rings. The maximum absolute atomic E-state index is 9.93. The molecule has 0 aromatic heterocycles. The maximum atomic E-state index is 9.93. The van der Waals surface area contributed by atoms with Gasteiger partial charge in [-0.3, -0.25) is 4.79 Å². The van der Waals surface area contributed by atoms with Crippen molar-refractivity contribution in [3.63, 3.8) is 0 Å². The fourth-order valence-corrected chi connectivity index (χ4v) is 1.81. The van der Waals surface area contributed by atoms with Crippen LogP contribution in [0.4, 0.5) is 0 Å². The third-order valence-electron chi connectivity index (χ3n) is 1.42. The van der Waals surface area contributed by atoms with E-state index in [-0.39, 0.29) is 0 Å². The van der Waals surface area contributed by atoms with Crippen LogP contribution in [-0.4, -0.2) is 35.8 Å². The first-order valence-electron chi connectivity index (χ1n) is 3.37. The summed E-state index contributed by atoms with van der Waals surface area (Å²) in [5, 5.41) is 0. The van der Waals surface area contributed by atoms with Crippen molar-refractivity contribution in [1.29, 1.82) is 0 Å². The molecule has 1 heterocycles. The van der Waals surface area contributed by atoms with E-state index in [9.17, 15) is 4.79 Å². The molecule has 1 aliphatic heterocycles. The van der Waals surface area contributed by atoms with Crippen LogP contribution >= 0.6 is 11.8 Å². The van der Waals surface area contributed by atoms with E-state index >= 15 is 0 Å². The van der Waals surface area contributed by atoms with Crippen LogP contribution in [0, 0.1) is 0 Å². The lowest BCUT2D eigenvalue weighted by molar-refractivity contribution is -0.104. The number of thioether (sulfide) groups is 1. The average molecular weight is 157 g/mol. The van der Waals surface area contributed by atoms with Gasteiger partial charge in [0.05, 0.1) is 0 Å². The van der Waals surface area contributed by atoms with E-state index in [2.05, 4.69) is 4.90 Å². The van der Waals surface area contributed by atoms with Crippen LogP contribution in [0.3, 0.4) is 0 Å². The van der Waals surface area contributed by atoms with Gasteiger partial charge in [0.2, 0.25) is 0 Å². The van der Waals surface area contributed by atoms with Gasteiger partial charge in [0, 0.05) is 30.8 Å². The van der Waals surface area contributed by atoms with Gasteiger partial charge in [0.15, 0.2) is 0 Å². The molecule has 0 amide bonds. The van der Waals surface area contributed by atoms with E-state index in [1.807, 2.05) is 18.0 Å². The molecular formula is C7H11NOS. The Kier molecular flexibility index (Phi) is 3.36. The molecule has 1 fully saturated rings. The van der Waals surface area contributed by atoms with Crippen LogP contribution < -0.4 is 0 Å². The molecular weight excluding hydrogens is 146 g/mol. The molecule has 1 saturated heterocycles. The summed E-state index contributed by atoms with van der Waals surface area (Å²) in [5.41, 5.74) is 0. The number of hydrogen-bond acceptors (Lipinski definition) is 3. The van der Waals surface area contributed by atoms with Crippen LogP contribution in [0.25, 0.3) is 0 Å². The van der Waals surface area contributed by atoms with Gasteiger partial charge in [0.25, 0.3) is 0 Å². The summed E-state index contributed by atoms with van der Waals surface area (Å²) in [4.78, 5) is 12.1. The van der Waals surface area contributed by atoms with Crippen molar-refractivity contribution < 1.29 is 4.79 Å². The Morgan fingerprint density at radius 3 is 2.60 bits per heavy atom. The van der Waals surface area contributed by atoms with Crippen molar-refractivity contribution in [3.8, 4) is 0 Å². The standard InChI is InChI=1S/C7H11NOS/c9-5-1-2-8-3-6-10-7-4-8/h1-2,5H,3-4,6-7H2. The van der Waals surface area contributed by atoms with E-state index in [1.165, 1.54) is 11.5 Å². The molecule has 3 heteroatoms. The molecule has 0 N–H and O–H groups in total. The lowest BCUT2D eigenvalue weighted by atomic mass is 10.5. The fourth-order valence-electron chi connectivity index (χ4n) is 0.883. The fraction of sp³-hybridized carbons (Fsp3) is 0.571. The normalized spacial score (nSPS) is 19.8. The number of aldehydes is 1. The Morgan fingerprint density at radius 1 is 1.30 bits per heavy atom. The molecule has 0 bridgehead atoms. The summed E-state index contributed by atoms with van der Waals surface area (Å²) in [5.74, 6) is 2.37. The molecule has 0 radical (unpaired) electrons. The minimum Gasteiger partial charge on any atom is -0.376 e. The second-order valence-electron chi connectivity index (χ2n) is 2.13. The van der Waals surface area contributed by atoms with Crippen LogP contribution in [0.15, 0.2) is 12.3 Å². The second kappa shape index (κ2) is 4.39. The number of allylic oxidation sites excluding steroid dienone is 1. The van der Waals surface area contributed by atoms with E-state index in [0.29, 0.717) is 0 Å². The van der Waals surface area contributed by atoms with Crippen molar-refractivity contribution in [3.05, 3.63) is 12.3 Å². The molecule has 10 heavy (non-hydrogen) atoms. The summed E-state index contributed by atoms with van der Waals surface area (Å²) in [6.45, 7) is 2.16. The van der Waals surface area contributed by atoms with E-state index < -0.39 is 0 Å². The summed E-state index contributed by atoms with van der Waals surface area (Å²) in [6, 6.07) is 0. The molecule has 56 valence electrons. The van der Waals surface area contributed by atoms with Crippen LogP contribution in [0.1, 0.15) is 0 Å². The zero-order chi connectivity index (χ0) is 7.23. The zero-order valence-corrected chi connectivity index (χ0v) is 6.64. The monoisotopic (exact) mass is 157 g/mol. The quantitative estimate of drug-likeness (QED) is 0.436. The van der Waals surface area contributed by atoms with Gasteiger partial charge in [-0.05, 0) is 6.08 Å². The predicted molar refractivity (Wildman–Crippen MR) is 44.1 cm³/mol. The van der Waals surface area contributed by atoms with E-state index in [0.717, 1.165) is 19.4 Å². The maximum Gasteiger partial charge on any atom is 0.144 e. The Bertz CT molecular complexity index is 130. The second-order valence-corrected chi connectivity index (χ2v) is 3.35.